The summed E-state index contributed by atoms with van der Waals surface area (Å²) in [5.41, 5.74) is 2.43. The molecular formula is C19H30N3O4P. The molecule has 0 radical (unpaired) electrons. The predicted molar refractivity (Wildman–Crippen MR) is 108 cm³/mol. The van der Waals surface area contributed by atoms with Crippen molar-refractivity contribution in [2.45, 2.75) is 84.9 Å². The number of aromatic nitrogens is 2. The number of hydrogen-bond donors (Lipinski definition) is 1. The van der Waals surface area contributed by atoms with Crippen LogP contribution in [-0.4, -0.2) is 38.5 Å². The van der Waals surface area contributed by atoms with Crippen molar-refractivity contribution >= 4 is 8.30 Å². The number of rotatable bonds is 7. The minimum atomic E-state index is -1.22. The van der Waals surface area contributed by atoms with Gasteiger partial charge in [-0.25, -0.2) is 9.46 Å². The predicted octanol–water partition coefficient (Wildman–Crippen LogP) is 2.95. The number of nitrogens with zero attached hydrogens (tertiary/aromatic N) is 2. The maximum Gasteiger partial charge on any atom is 0.330 e. The Kier molecular flexibility index (Phi) is 7.41. The lowest BCUT2D eigenvalue weighted by Gasteiger charge is -2.35. The van der Waals surface area contributed by atoms with Gasteiger partial charge < -0.3 is 9.26 Å². The lowest BCUT2D eigenvalue weighted by molar-refractivity contribution is -0.0176. The van der Waals surface area contributed by atoms with Crippen molar-refractivity contribution in [3.8, 4) is 12.1 Å². The van der Waals surface area contributed by atoms with Gasteiger partial charge in [0.15, 0.2) is 8.30 Å². The van der Waals surface area contributed by atoms with Crippen LogP contribution < -0.4 is 11.2 Å². The fraction of sp³-hybridized carbons (Fsp3) is 0.684. The first-order valence-electron chi connectivity index (χ1n) is 9.38. The van der Waals surface area contributed by atoms with Crippen LogP contribution in [0.3, 0.4) is 0 Å². The summed E-state index contributed by atoms with van der Waals surface area (Å²) in [6.45, 7) is 12.1. The highest BCUT2D eigenvalue weighted by Crippen LogP contribution is 2.48. The van der Waals surface area contributed by atoms with E-state index < -0.39 is 20.2 Å². The van der Waals surface area contributed by atoms with Crippen molar-refractivity contribution in [1.29, 1.82) is 0 Å². The molecule has 0 spiro atoms. The molecule has 150 valence electrons. The first-order chi connectivity index (χ1) is 12.7. The van der Waals surface area contributed by atoms with Crippen molar-refractivity contribution < 1.29 is 9.26 Å². The second kappa shape index (κ2) is 9.16. The highest BCUT2D eigenvalue weighted by molar-refractivity contribution is 7.55. The lowest BCUT2D eigenvalue weighted by atomic mass is 10.1. The zero-order chi connectivity index (χ0) is 20.3. The molecule has 2 rings (SSSR count). The summed E-state index contributed by atoms with van der Waals surface area (Å²) in [6, 6.07) is 0.518. The van der Waals surface area contributed by atoms with Gasteiger partial charge in [0.25, 0.3) is 5.56 Å². The summed E-state index contributed by atoms with van der Waals surface area (Å²) in [5.74, 6) is 0. The summed E-state index contributed by atoms with van der Waals surface area (Å²) in [4.78, 5) is 26.1. The molecule has 27 heavy (non-hydrogen) atoms. The number of H-pyrrole nitrogens is 1. The van der Waals surface area contributed by atoms with Crippen LogP contribution in [0.5, 0.6) is 0 Å². The van der Waals surface area contributed by atoms with Crippen LogP contribution in [-0.2, 0) is 9.26 Å². The fourth-order valence-electron chi connectivity index (χ4n) is 3.44. The second-order valence-corrected chi connectivity index (χ2v) is 8.84. The van der Waals surface area contributed by atoms with E-state index in [0.29, 0.717) is 12.0 Å². The molecule has 2 heterocycles. The first kappa shape index (κ1) is 21.8. The second-order valence-electron chi connectivity index (χ2n) is 7.37. The molecule has 2 unspecified atom stereocenters. The van der Waals surface area contributed by atoms with Gasteiger partial charge >= 0.3 is 5.69 Å². The third-order valence-corrected chi connectivity index (χ3v) is 6.69. The van der Waals surface area contributed by atoms with E-state index in [4.69, 9.17) is 15.7 Å². The van der Waals surface area contributed by atoms with Gasteiger partial charge in [0.1, 0.15) is 6.23 Å². The van der Waals surface area contributed by atoms with E-state index >= 15 is 0 Å². The van der Waals surface area contributed by atoms with Crippen LogP contribution in [0.25, 0.3) is 0 Å². The monoisotopic (exact) mass is 395 g/mol. The third-order valence-electron chi connectivity index (χ3n) is 4.65. The molecular weight excluding hydrogens is 365 g/mol. The van der Waals surface area contributed by atoms with Gasteiger partial charge in [-0.2, -0.15) is 0 Å². The van der Waals surface area contributed by atoms with Gasteiger partial charge in [0, 0.05) is 30.3 Å². The summed E-state index contributed by atoms with van der Waals surface area (Å²) < 4.78 is 16.0. The minimum Gasteiger partial charge on any atom is -0.352 e. The Balaban J connectivity index is 2.23. The standard InChI is InChI=1S/C19H30N3O4P/c1-8-15-16(26-27(9-2)22(12(3)4)13(5)6)10-17(25-15)21-11-14(7)18(23)20-19(21)24/h2,11-13,15-17H,8,10H2,1,3-7H3,(H,20,23,24)/t15-,16?,17-,27?/m1/s1. The number of aryl methyl sites for hydroxylation is 1. The topological polar surface area (TPSA) is 76.6 Å². The molecule has 8 heteroatoms. The van der Waals surface area contributed by atoms with E-state index in [9.17, 15) is 9.59 Å². The molecule has 1 saturated heterocycles. The van der Waals surface area contributed by atoms with Gasteiger partial charge in [-0.3, -0.25) is 14.3 Å². The number of aromatic amines is 1. The average molecular weight is 395 g/mol. The van der Waals surface area contributed by atoms with Crippen molar-refractivity contribution in [3.63, 3.8) is 0 Å². The number of terminal acetylenes is 1. The fourth-order valence-corrected chi connectivity index (χ4v) is 5.06. The molecule has 1 N–H and O–H groups in total. The Bertz CT molecular complexity index is 787. The van der Waals surface area contributed by atoms with Crippen molar-refractivity contribution in [1.82, 2.24) is 14.2 Å². The molecule has 0 saturated carbocycles. The van der Waals surface area contributed by atoms with Crippen molar-refractivity contribution in [2.24, 2.45) is 0 Å². The Labute approximate surface area is 162 Å². The molecule has 0 bridgehead atoms. The summed E-state index contributed by atoms with van der Waals surface area (Å²) >= 11 is 0. The largest absolute Gasteiger partial charge is 0.352 e. The van der Waals surface area contributed by atoms with Crippen LogP contribution in [0.1, 0.15) is 59.3 Å². The molecule has 1 aromatic heterocycles. The smallest absolute Gasteiger partial charge is 0.330 e. The Morgan fingerprint density at radius 3 is 2.56 bits per heavy atom. The minimum absolute atomic E-state index is 0.159. The van der Waals surface area contributed by atoms with Crippen molar-refractivity contribution in [3.05, 3.63) is 32.6 Å². The van der Waals surface area contributed by atoms with Crippen LogP contribution in [0, 0.1) is 19.0 Å². The van der Waals surface area contributed by atoms with E-state index in [2.05, 4.69) is 43.0 Å². The quantitative estimate of drug-likeness (QED) is 0.567. The summed E-state index contributed by atoms with van der Waals surface area (Å²) in [6.07, 6.45) is 7.74. The Morgan fingerprint density at radius 2 is 2.04 bits per heavy atom. The Morgan fingerprint density at radius 1 is 1.41 bits per heavy atom. The number of ether oxygens (including phenoxy) is 1. The van der Waals surface area contributed by atoms with E-state index in [1.165, 1.54) is 4.57 Å². The van der Waals surface area contributed by atoms with Crippen LogP contribution in [0.2, 0.25) is 0 Å². The normalized spacial score (nSPS) is 23.9. The zero-order valence-electron chi connectivity index (χ0n) is 16.9. The van der Waals surface area contributed by atoms with E-state index in [0.717, 1.165) is 6.42 Å². The molecule has 4 atom stereocenters. The Hall–Kier alpha value is -1.45. The molecule has 0 aromatic carbocycles. The van der Waals surface area contributed by atoms with Crippen LogP contribution >= 0.6 is 8.30 Å². The number of nitrogens with one attached hydrogen (secondary N) is 1. The van der Waals surface area contributed by atoms with Gasteiger partial charge in [0.05, 0.1) is 12.2 Å². The van der Waals surface area contributed by atoms with Crippen LogP contribution in [0.15, 0.2) is 15.8 Å². The molecule has 0 amide bonds. The van der Waals surface area contributed by atoms with Crippen molar-refractivity contribution in [2.75, 3.05) is 0 Å². The molecule has 0 aliphatic carbocycles. The van der Waals surface area contributed by atoms with Crippen LogP contribution in [0.4, 0.5) is 0 Å². The molecule has 1 aliphatic heterocycles. The maximum absolute atomic E-state index is 12.2. The zero-order valence-corrected chi connectivity index (χ0v) is 17.8. The molecule has 1 aliphatic rings. The SMILES string of the molecule is C#CP(OC1C[C@H](n2cc(C)c(=O)[nH]c2=O)O[C@@H]1CC)N(C(C)C)C(C)C. The number of hydrogen-bond acceptors (Lipinski definition) is 5. The first-order valence-corrected chi connectivity index (χ1v) is 10.6. The van der Waals surface area contributed by atoms with E-state index in [1.807, 2.05) is 6.92 Å². The van der Waals surface area contributed by atoms with Gasteiger partial charge in [-0.05, 0) is 46.7 Å². The highest BCUT2D eigenvalue weighted by Gasteiger charge is 2.39. The highest BCUT2D eigenvalue weighted by atomic mass is 31.2. The summed E-state index contributed by atoms with van der Waals surface area (Å²) in [7, 11) is -1.22. The average Bonchev–Trinajstić information content (AvgIpc) is 2.99. The van der Waals surface area contributed by atoms with E-state index in [1.54, 1.807) is 13.1 Å². The molecule has 1 fully saturated rings. The maximum atomic E-state index is 12.2. The molecule has 1 aromatic rings. The van der Waals surface area contributed by atoms with Gasteiger partial charge in [-0.15, -0.1) is 6.42 Å². The molecule has 7 nitrogen and oxygen atoms in total. The van der Waals surface area contributed by atoms with E-state index in [-0.39, 0.29) is 29.9 Å². The van der Waals surface area contributed by atoms with Gasteiger partial charge in [-0.1, -0.05) is 6.92 Å². The third kappa shape index (κ3) is 4.89. The summed E-state index contributed by atoms with van der Waals surface area (Å²) in [5, 5.41) is 0. The van der Waals surface area contributed by atoms with Gasteiger partial charge in [0.2, 0.25) is 0 Å². The lowest BCUT2D eigenvalue weighted by Crippen LogP contribution is -2.34.